The van der Waals surface area contributed by atoms with Crippen molar-refractivity contribution in [2.24, 2.45) is 0 Å². The van der Waals surface area contributed by atoms with Crippen LogP contribution in [0.25, 0.3) is 0 Å². The number of likely N-dealkylation sites (N-methyl/N-ethyl adjacent to an activating group) is 1. The molecule has 0 bridgehead atoms. The van der Waals surface area contributed by atoms with Gasteiger partial charge in [0.1, 0.15) is 0 Å². The van der Waals surface area contributed by atoms with Crippen molar-refractivity contribution in [2.75, 3.05) is 20.6 Å². The zero-order valence-corrected chi connectivity index (χ0v) is 6.23. The van der Waals surface area contributed by atoms with Gasteiger partial charge in [-0.2, -0.15) is 0 Å². The smallest absolute Gasteiger partial charge is 0.0183 e. The van der Waals surface area contributed by atoms with Crippen molar-refractivity contribution < 1.29 is 0 Å². The van der Waals surface area contributed by atoms with E-state index in [1.54, 1.807) is 0 Å². The lowest BCUT2D eigenvalue weighted by molar-refractivity contribution is 0.445. The van der Waals surface area contributed by atoms with Crippen LogP contribution in [-0.2, 0) is 0 Å². The van der Waals surface area contributed by atoms with E-state index in [9.17, 15) is 0 Å². The van der Waals surface area contributed by atoms with Crippen LogP contribution in [0.15, 0.2) is 11.6 Å². The molecule has 1 nitrogen and oxygen atoms in total. The Balaban J connectivity index is 3.39. The molecular formula is C7H15N. The van der Waals surface area contributed by atoms with Gasteiger partial charge in [0, 0.05) is 6.54 Å². The zero-order valence-electron chi connectivity index (χ0n) is 6.23. The van der Waals surface area contributed by atoms with Gasteiger partial charge in [0.25, 0.3) is 0 Å². The summed E-state index contributed by atoms with van der Waals surface area (Å²) in [7, 11) is 4.15. The van der Waals surface area contributed by atoms with Gasteiger partial charge in [0.05, 0.1) is 0 Å². The van der Waals surface area contributed by atoms with Crippen molar-refractivity contribution in [3.8, 4) is 0 Å². The molecule has 0 amide bonds. The van der Waals surface area contributed by atoms with Gasteiger partial charge in [0.2, 0.25) is 0 Å². The lowest BCUT2D eigenvalue weighted by Gasteiger charge is -2.07. The van der Waals surface area contributed by atoms with Crippen molar-refractivity contribution in [3.63, 3.8) is 0 Å². The van der Waals surface area contributed by atoms with E-state index in [0.717, 1.165) is 6.54 Å². The van der Waals surface area contributed by atoms with Crippen LogP contribution in [0.1, 0.15) is 13.8 Å². The molecule has 48 valence electrons. The Morgan fingerprint density at radius 2 is 2.00 bits per heavy atom. The molecule has 0 radical (unpaired) electrons. The SMILES string of the molecule is CC=C(C)CN(C)C. The summed E-state index contributed by atoms with van der Waals surface area (Å²) >= 11 is 0. The van der Waals surface area contributed by atoms with Crippen LogP contribution in [0.4, 0.5) is 0 Å². The van der Waals surface area contributed by atoms with E-state index in [0.29, 0.717) is 0 Å². The number of nitrogens with zero attached hydrogens (tertiary/aromatic N) is 1. The third kappa shape index (κ3) is 3.88. The molecule has 0 fully saturated rings. The summed E-state index contributed by atoms with van der Waals surface area (Å²) in [5.41, 5.74) is 1.43. The first-order valence-corrected chi connectivity index (χ1v) is 2.93. The predicted molar refractivity (Wildman–Crippen MR) is 38.0 cm³/mol. The van der Waals surface area contributed by atoms with Crippen molar-refractivity contribution >= 4 is 0 Å². The van der Waals surface area contributed by atoms with Crippen LogP contribution in [-0.4, -0.2) is 25.5 Å². The quantitative estimate of drug-likeness (QED) is 0.491. The Kier molecular flexibility index (Phi) is 3.53. The molecule has 0 saturated carbocycles. The topological polar surface area (TPSA) is 3.24 Å². The van der Waals surface area contributed by atoms with Crippen molar-refractivity contribution in [1.82, 2.24) is 4.90 Å². The summed E-state index contributed by atoms with van der Waals surface area (Å²) in [6.07, 6.45) is 2.14. The molecule has 0 spiro atoms. The second-order valence-electron chi connectivity index (χ2n) is 2.37. The molecule has 0 atom stereocenters. The Labute approximate surface area is 52.0 Å². The fourth-order valence-electron chi connectivity index (χ4n) is 0.590. The van der Waals surface area contributed by atoms with Crippen LogP contribution in [0.5, 0.6) is 0 Å². The highest BCUT2D eigenvalue weighted by Crippen LogP contribution is 1.91. The molecule has 0 N–H and O–H groups in total. The second-order valence-corrected chi connectivity index (χ2v) is 2.37. The van der Waals surface area contributed by atoms with Crippen LogP contribution in [0.3, 0.4) is 0 Å². The Morgan fingerprint density at radius 3 is 2.12 bits per heavy atom. The molecule has 1 heteroatoms. The second kappa shape index (κ2) is 3.67. The van der Waals surface area contributed by atoms with Gasteiger partial charge in [0.15, 0.2) is 0 Å². The van der Waals surface area contributed by atoms with E-state index in [4.69, 9.17) is 0 Å². The molecule has 0 unspecified atom stereocenters. The van der Waals surface area contributed by atoms with E-state index in [-0.39, 0.29) is 0 Å². The maximum absolute atomic E-state index is 2.16. The van der Waals surface area contributed by atoms with Gasteiger partial charge >= 0.3 is 0 Å². The van der Waals surface area contributed by atoms with E-state index in [2.05, 4.69) is 38.9 Å². The van der Waals surface area contributed by atoms with Gasteiger partial charge in [-0.25, -0.2) is 0 Å². The van der Waals surface area contributed by atoms with Crippen molar-refractivity contribution in [3.05, 3.63) is 11.6 Å². The van der Waals surface area contributed by atoms with Gasteiger partial charge in [-0.3, -0.25) is 0 Å². The van der Waals surface area contributed by atoms with Gasteiger partial charge < -0.3 is 4.90 Å². The van der Waals surface area contributed by atoms with Crippen LogP contribution in [0, 0.1) is 0 Å². The van der Waals surface area contributed by atoms with E-state index in [1.165, 1.54) is 5.57 Å². The molecule has 0 aliphatic carbocycles. The predicted octanol–water partition coefficient (Wildman–Crippen LogP) is 1.51. The van der Waals surface area contributed by atoms with Gasteiger partial charge in [-0.15, -0.1) is 0 Å². The maximum atomic E-state index is 2.16. The molecule has 0 rings (SSSR count). The first-order chi connectivity index (χ1) is 3.66. The number of rotatable bonds is 2. The molecule has 0 aromatic carbocycles. The van der Waals surface area contributed by atoms with Crippen LogP contribution < -0.4 is 0 Å². The first-order valence-electron chi connectivity index (χ1n) is 2.93. The van der Waals surface area contributed by atoms with E-state index in [1.807, 2.05) is 0 Å². The van der Waals surface area contributed by atoms with Crippen LogP contribution in [0.2, 0.25) is 0 Å². The van der Waals surface area contributed by atoms with E-state index < -0.39 is 0 Å². The van der Waals surface area contributed by atoms with E-state index >= 15 is 0 Å². The number of hydrogen-bond acceptors (Lipinski definition) is 1. The normalized spacial score (nSPS) is 12.9. The maximum Gasteiger partial charge on any atom is 0.0183 e. The monoisotopic (exact) mass is 113 g/mol. The molecule has 0 aliphatic heterocycles. The highest BCUT2D eigenvalue weighted by Gasteiger charge is 1.87. The van der Waals surface area contributed by atoms with Gasteiger partial charge in [-0.1, -0.05) is 11.6 Å². The lowest BCUT2D eigenvalue weighted by atomic mass is 10.3. The summed E-state index contributed by atoms with van der Waals surface area (Å²) in [5.74, 6) is 0. The lowest BCUT2D eigenvalue weighted by Crippen LogP contribution is -2.13. The first kappa shape index (κ1) is 7.70. The highest BCUT2D eigenvalue weighted by molar-refractivity contribution is 4.97. The molecule has 0 aliphatic rings. The molecule has 0 saturated heterocycles. The largest absolute Gasteiger partial charge is 0.305 e. The zero-order chi connectivity index (χ0) is 6.57. The molecule has 0 aromatic rings. The molecule has 0 aromatic heterocycles. The molecule has 8 heavy (non-hydrogen) atoms. The Morgan fingerprint density at radius 1 is 1.50 bits per heavy atom. The molecular weight excluding hydrogens is 98.1 g/mol. The third-order valence-corrected chi connectivity index (χ3v) is 1.06. The third-order valence-electron chi connectivity index (χ3n) is 1.06. The van der Waals surface area contributed by atoms with Crippen molar-refractivity contribution in [2.45, 2.75) is 13.8 Å². The van der Waals surface area contributed by atoms with Crippen LogP contribution >= 0.6 is 0 Å². The minimum Gasteiger partial charge on any atom is -0.305 e. The standard InChI is InChI=1S/C7H15N/c1-5-7(2)6-8(3)4/h5H,6H2,1-4H3. The molecule has 0 heterocycles. The minimum atomic E-state index is 1.08. The summed E-state index contributed by atoms with van der Waals surface area (Å²) in [6.45, 7) is 5.29. The fourth-order valence-corrected chi connectivity index (χ4v) is 0.590. The fraction of sp³-hybridized carbons (Fsp3) is 0.714. The average molecular weight is 113 g/mol. The Hall–Kier alpha value is -0.300. The van der Waals surface area contributed by atoms with Gasteiger partial charge in [-0.05, 0) is 27.9 Å². The average Bonchev–Trinajstić information content (AvgIpc) is 1.65. The summed E-state index contributed by atoms with van der Waals surface area (Å²) in [5, 5.41) is 0. The summed E-state index contributed by atoms with van der Waals surface area (Å²) < 4.78 is 0. The number of hydrogen-bond donors (Lipinski definition) is 0. The highest BCUT2D eigenvalue weighted by atomic mass is 15.0. The summed E-state index contributed by atoms with van der Waals surface area (Å²) in [6, 6.07) is 0. The summed E-state index contributed by atoms with van der Waals surface area (Å²) in [4.78, 5) is 2.16. The minimum absolute atomic E-state index is 1.08. The number of allylic oxidation sites excluding steroid dienone is 1. The Bertz CT molecular complexity index is 82.4. The van der Waals surface area contributed by atoms with Crippen molar-refractivity contribution in [1.29, 1.82) is 0 Å².